The Kier molecular flexibility index (Phi) is 17.0. The van der Waals surface area contributed by atoms with Crippen molar-refractivity contribution in [3.8, 4) is 11.8 Å². The number of amides is 1. The molecule has 1 saturated heterocycles. The highest BCUT2D eigenvalue weighted by Crippen LogP contribution is 2.66. The molecule has 3 aromatic carbocycles. The van der Waals surface area contributed by atoms with Gasteiger partial charge < -0.3 is 44.8 Å². The number of carbonyl (C=O) groups is 1. The van der Waals surface area contributed by atoms with E-state index >= 15 is 0 Å². The zero-order chi connectivity index (χ0) is 51.1. The van der Waals surface area contributed by atoms with Crippen LogP contribution in [-0.2, 0) is 56.6 Å². The van der Waals surface area contributed by atoms with Crippen molar-refractivity contribution in [3.05, 3.63) is 84.8 Å². The van der Waals surface area contributed by atoms with Gasteiger partial charge in [-0.1, -0.05) is 11.8 Å². The van der Waals surface area contributed by atoms with Gasteiger partial charge in [0.2, 0.25) is 5.91 Å². The molecule has 6 rings (SSSR count). The Morgan fingerprint density at radius 3 is 2.19 bits per heavy atom. The molecule has 1 fully saturated rings. The summed E-state index contributed by atoms with van der Waals surface area (Å²) in [4.78, 5) is 58.5. The van der Waals surface area contributed by atoms with Crippen molar-refractivity contribution >= 4 is 94.9 Å². The highest BCUT2D eigenvalue weighted by molar-refractivity contribution is 7.86. The maximum Gasteiger partial charge on any atom is 0.490 e. The fourth-order valence-corrected chi connectivity index (χ4v) is 10.6. The second kappa shape index (κ2) is 22.2. The van der Waals surface area contributed by atoms with Crippen LogP contribution in [0.15, 0.2) is 110 Å². The molecule has 33 heteroatoms. The Hall–Kier alpha value is -5.70. The van der Waals surface area contributed by atoms with Gasteiger partial charge in [-0.2, -0.15) is 40.8 Å². The summed E-state index contributed by atoms with van der Waals surface area (Å²) < 4.78 is 120. The van der Waals surface area contributed by atoms with Gasteiger partial charge in [-0.15, -0.1) is 5.11 Å². The van der Waals surface area contributed by atoms with E-state index in [2.05, 4.69) is 56.2 Å². The second-order valence-corrected chi connectivity index (χ2v) is 21.9. The largest absolute Gasteiger partial charge is 0.490 e. The zero-order valence-electron chi connectivity index (χ0n) is 36.0. The number of nitrogens with zero attached hydrogens (tertiary/aromatic N) is 8. The van der Waals surface area contributed by atoms with Gasteiger partial charge in [0.05, 0.1) is 52.2 Å². The van der Waals surface area contributed by atoms with Crippen LogP contribution in [0.4, 0.5) is 34.3 Å². The average Bonchev–Trinajstić information content (AvgIpc) is 3.90. The zero-order valence-corrected chi connectivity index (χ0v) is 40.3. The van der Waals surface area contributed by atoms with Crippen molar-refractivity contribution in [2.24, 2.45) is 20.5 Å². The third-order valence-electron chi connectivity index (χ3n) is 9.57. The molecule has 0 bridgehead atoms. The maximum atomic E-state index is 12.7. The van der Waals surface area contributed by atoms with Gasteiger partial charge in [-0.3, -0.25) is 18.4 Å². The Balaban J connectivity index is 0.972. The van der Waals surface area contributed by atoms with Gasteiger partial charge >= 0.3 is 23.5 Å². The van der Waals surface area contributed by atoms with Crippen LogP contribution in [0.1, 0.15) is 37.5 Å². The number of phosphoric acid groups is 3. The van der Waals surface area contributed by atoms with Crippen molar-refractivity contribution in [1.82, 2.24) is 19.9 Å². The van der Waals surface area contributed by atoms with Crippen molar-refractivity contribution in [2.45, 2.75) is 47.8 Å². The van der Waals surface area contributed by atoms with E-state index in [0.717, 1.165) is 23.9 Å². The first-order chi connectivity index (χ1) is 32.7. The summed E-state index contributed by atoms with van der Waals surface area (Å²) in [6, 6.07) is 15.1. The minimum atomic E-state index is -5.69. The summed E-state index contributed by atoms with van der Waals surface area (Å²) in [7, 11) is -24.0. The lowest BCUT2D eigenvalue weighted by Crippen LogP contribution is -2.25. The lowest BCUT2D eigenvalue weighted by molar-refractivity contribution is -0.120. The Bertz CT molecular complexity index is 3250. The molecule has 28 nitrogen and oxygen atoms in total. The number of phosphoric ester groups is 1. The van der Waals surface area contributed by atoms with Crippen LogP contribution >= 0.6 is 23.5 Å². The number of aromatic nitrogens is 3. The van der Waals surface area contributed by atoms with Crippen LogP contribution in [-0.4, -0.2) is 98.8 Å². The fourth-order valence-electron chi connectivity index (χ4n) is 6.43. The summed E-state index contributed by atoms with van der Waals surface area (Å²) in [6.45, 7) is -0.164. The SMILES string of the molecule is CN(CCCC(=O)NCC#Cc1cn([C@@H]2CC[C@@H](COP(=O)(O)OP(=O)(O)OP(=O)(O)O)O2)c2ncnc(N)c12)c1ccc(N=Nc2ccc(N=Nc3ccc(S(=O)(=O)O)cc3)cc2S(=O)(=O)O)cc1. The van der Waals surface area contributed by atoms with Crippen LogP contribution in [0.3, 0.4) is 0 Å². The van der Waals surface area contributed by atoms with Gasteiger partial charge in [0, 0.05) is 31.9 Å². The van der Waals surface area contributed by atoms with E-state index in [9.17, 15) is 49.7 Å². The van der Waals surface area contributed by atoms with E-state index in [1.165, 1.54) is 30.6 Å². The van der Waals surface area contributed by atoms with Gasteiger partial charge in [0.1, 0.15) is 34.6 Å². The lowest BCUT2D eigenvalue weighted by atomic mass is 10.2. The third-order valence-corrected chi connectivity index (χ3v) is 15.1. The van der Waals surface area contributed by atoms with E-state index in [-0.39, 0.29) is 53.1 Å². The fraction of sp³-hybridized carbons (Fsp3) is 0.270. The molecule has 2 unspecified atom stereocenters. The number of benzene rings is 3. The van der Waals surface area contributed by atoms with E-state index in [4.69, 9.17) is 29.3 Å². The molecule has 0 radical (unpaired) electrons. The van der Waals surface area contributed by atoms with Crippen LogP contribution < -0.4 is 16.0 Å². The smallest absolute Gasteiger partial charge is 0.383 e. The normalized spacial score (nSPS) is 17.3. The number of anilines is 2. The maximum absolute atomic E-state index is 12.7. The highest BCUT2D eigenvalue weighted by atomic mass is 32.2. The Labute approximate surface area is 397 Å². The summed E-state index contributed by atoms with van der Waals surface area (Å²) in [5.74, 6) is 5.67. The molecule has 4 atom stereocenters. The van der Waals surface area contributed by atoms with Gasteiger partial charge in [0.25, 0.3) is 20.2 Å². The minimum absolute atomic E-state index is 0.0194. The second-order valence-electron chi connectivity index (χ2n) is 14.7. The van der Waals surface area contributed by atoms with E-state index in [0.29, 0.717) is 41.7 Å². The van der Waals surface area contributed by atoms with Crippen molar-refractivity contribution < 1.29 is 81.9 Å². The molecule has 374 valence electrons. The average molecular weight is 1070 g/mol. The van der Waals surface area contributed by atoms with Crippen LogP contribution in [0, 0.1) is 11.8 Å². The number of azo groups is 2. The first-order valence-corrected chi connectivity index (χ1v) is 27.3. The van der Waals surface area contributed by atoms with Crippen molar-refractivity contribution in [1.29, 1.82) is 0 Å². The Morgan fingerprint density at radius 2 is 1.53 bits per heavy atom. The molecule has 9 N–H and O–H groups in total. The number of carbonyl (C=O) groups excluding carboxylic acids is 1. The standard InChI is InChI=1S/C37H41N10O18P3S2/c1-46(28-11-6-25(7-12-28)43-45-31-16-10-27(20-32(31)70(59,60)61)44-42-26-8-14-30(15-9-26)69(56,57)58)19-3-5-33(48)39-18-2-4-24-21-47(37-35(24)36(38)40-23-41-37)34-17-13-29(63-34)22-62-67(52,53)65-68(54,55)64-66(49,50)51/h6-12,14-16,20-21,23,29,34H,3,5,13,17-19,22H2,1H3,(H,39,48)(H,52,53)(H,54,55)(H2,38,40,41)(H2,49,50,51)(H,56,57,58)(H,59,60,61)/t29-,34-/m0/s1. The molecular formula is C37H41N10O18P3S2. The van der Waals surface area contributed by atoms with E-state index in [1.54, 1.807) is 35.0 Å². The summed E-state index contributed by atoms with van der Waals surface area (Å²) in [5, 5.41) is 19.0. The number of ether oxygens (including phenoxy) is 1. The number of nitrogens with one attached hydrogen (secondary N) is 1. The molecule has 70 heavy (non-hydrogen) atoms. The molecule has 1 aliphatic rings. The van der Waals surface area contributed by atoms with Crippen LogP contribution in [0.5, 0.6) is 0 Å². The third kappa shape index (κ3) is 15.4. The summed E-state index contributed by atoms with van der Waals surface area (Å²) in [5.41, 5.74) is 8.05. The first kappa shape index (κ1) is 53.6. The minimum Gasteiger partial charge on any atom is -0.383 e. The quantitative estimate of drug-likeness (QED) is 0.0199. The van der Waals surface area contributed by atoms with Gasteiger partial charge in [-0.05, 0) is 86.0 Å². The van der Waals surface area contributed by atoms with Crippen LogP contribution in [0.2, 0.25) is 0 Å². The molecule has 1 aliphatic heterocycles. The first-order valence-electron chi connectivity index (χ1n) is 19.9. The molecule has 3 heterocycles. The van der Waals surface area contributed by atoms with E-state index in [1.807, 2.05) is 11.9 Å². The van der Waals surface area contributed by atoms with E-state index < -0.39 is 67.5 Å². The predicted octanol–water partition coefficient (Wildman–Crippen LogP) is 5.74. The molecule has 0 spiro atoms. The molecular weight excluding hydrogens is 1030 g/mol. The topological polar surface area (TPSA) is 416 Å². The summed E-state index contributed by atoms with van der Waals surface area (Å²) in [6.07, 6.45) is 2.49. The predicted molar refractivity (Wildman–Crippen MR) is 245 cm³/mol. The molecule has 0 saturated carbocycles. The molecule has 1 amide bonds. The number of nitrogen functional groups attached to an aromatic ring is 1. The number of hydrogen-bond acceptors (Lipinski definition) is 20. The lowest BCUT2D eigenvalue weighted by Gasteiger charge is -2.19. The molecule has 0 aliphatic carbocycles. The van der Waals surface area contributed by atoms with Crippen molar-refractivity contribution in [2.75, 3.05) is 37.4 Å². The number of rotatable bonds is 20. The number of hydrogen-bond donors (Lipinski definition) is 8. The Morgan fingerprint density at radius 1 is 0.886 bits per heavy atom. The van der Waals surface area contributed by atoms with Crippen molar-refractivity contribution in [3.63, 3.8) is 0 Å². The van der Waals surface area contributed by atoms with Gasteiger partial charge in [0.15, 0.2) is 0 Å². The molecule has 5 aromatic rings. The van der Waals surface area contributed by atoms with Crippen LogP contribution in [0.25, 0.3) is 11.0 Å². The highest BCUT2D eigenvalue weighted by Gasteiger charge is 2.41. The molecule has 2 aromatic heterocycles. The monoisotopic (exact) mass is 1070 g/mol. The summed E-state index contributed by atoms with van der Waals surface area (Å²) >= 11 is 0. The number of nitrogens with two attached hydrogens (primary N) is 1. The number of fused-ring (bicyclic) bond motifs is 1. The van der Waals surface area contributed by atoms with Gasteiger partial charge in [-0.25, -0.2) is 23.7 Å².